The van der Waals surface area contributed by atoms with Gasteiger partial charge in [-0.05, 0) is 56.7 Å². The van der Waals surface area contributed by atoms with Crippen molar-refractivity contribution in [2.45, 2.75) is 56.2 Å². The lowest BCUT2D eigenvalue weighted by atomic mass is 9.95. The van der Waals surface area contributed by atoms with Crippen LogP contribution in [0.1, 0.15) is 53.1 Å². The summed E-state index contributed by atoms with van der Waals surface area (Å²) in [6.45, 7) is 4.81. The van der Waals surface area contributed by atoms with Gasteiger partial charge in [-0.3, -0.25) is 4.79 Å². The zero-order valence-corrected chi connectivity index (χ0v) is 22.2. The zero-order chi connectivity index (χ0) is 25.1. The molecule has 0 unspecified atom stereocenters. The van der Waals surface area contributed by atoms with Gasteiger partial charge in [0.15, 0.2) is 0 Å². The summed E-state index contributed by atoms with van der Waals surface area (Å²) in [5.74, 6) is -0.444. The Balaban J connectivity index is 1.37. The Morgan fingerprint density at radius 3 is 2.64 bits per heavy atom. The topological polar surface area (TPSA) is 60.3 Å². The minimum absolute atomic E-state index is 0.107. The molecule has 186 valence electrons. The molecule has 36 heavy (non-hydrogen) atoms. The fourth-order valence-electron chi connectivity index (χ4n) is 4.75. The highest BCUT2D eigenvalue weighted by Crippen LogP contribution is 2.39. The third-order valence-electron chi connectivity index (χ3n) is 6.51. The zero-order valence-electron chi connectivity index (χ0n) is 20.6. The number of nitrogens with one attached hydrogen (secondary N) is 1. The molecule has 0 bridgehead atoms. The van der Waals surface area contributed by atoms with Crippen LogP contribution in [-0.2, 0) is 28.9 Å². The molecule has 2 aromatic heterocycles. The molecule has 7 heteroatoms. The first-order chi connectivity index (χ1) is 17.5. The first-order valence-electron chi connectivity index (χ1n) is 12.5. The number of amides is 1. The number of nitrogens with zero attached hydrogens (tertiary/aromatic N) is 1. The van der Waals surface area contributed by atoms with Gasteiger partial charge >= 0.3 is 5.97 Å². The molecule has 1 atom stereocenters. The SMILES string of the molecule is CCOC(=O)c1c(NC(=O)[C@H](C)Sc2cn(Cc3ccccc3)c3ccccc23)sc2c1CCCC2. The van der Waals surface area contributed by atoms with E-state index in [9.17, 15) is 9.59 Å². The van der Waals surface area contributed by atoms with Crippen molar-refractivity contribution >= 4 is 50.9 Å². The van der Waals surface area contributed by atoms with E-state index in [1.807, 2.05) is 32.0 Å². The average molecular weight is 519 g/mol. The van der Waals surface area contributed by atoms with E-state index in [-0.39, 0.29) is 17.1 Å². The lowest BCUT2D eigenvalue weighted by Crippen LogP contribution is -2.23. The number of rotatable bonds is 8. The average Bonchev–Trinajstić information content (AvgIpc) is 3.42. The van der Waals surface area contributed by atoms with Crippen molar-refractivity contribution in [2.75, 3.05) is 11.9 Å². The minimum Gasteiger partial charge on any atom is -0.462 e. The van der Waals surface area contributed by atoms with Crippen molar-refractivity contribution in [2.24, 2.45) is 0 Å². The van der Waals surface area contributed by atoms with Crippen LogP contribution in [0.5, 0.6) is 0 Å². The van der Waals surface area contributed by atoms with Crippen molar-refractivity contribution < 1.29 is 14.3 Å². The molecule has 1 N–H and O–H groups in total. The van der Waals surface area contributed by atoms with E-state index in [0.717, 1.165) is 53.6 Å². The Hall–Kier alpha value is -3.03. The Kier molecular flexibility index (Phi) is 7.48. The Bertz CT molecular complexity index is 1390. The maximum Gasteiger partial charge on any atom is 0.341 e. The summed E-state index contributed by atoms with van der Waals surface area (Å²) in [6, 6.07) is 18.7. The molecule has 0 saturated carbocycles. The van der Waals surface area contributed by atoms with Gasteiger partial charge in [0.1, 0.15) is 5.00 Å². The van der Waals surface area contributed by atoms with Crippen molar-refractivity contribution in [3.05, 3.63) is 82.4 Å². The second-order valence-electron chi connectivity index (χ2n) is 9.01. The number of carbonyl (C=O) groups is 2. The van der Waals surface area contributed by atoms with Crippen LogP contribution in [-0.4, -0.2) is 28.3 Å². The predicted octanol–water partition coefficient (Wildman–Crippen LogP) is 6.93. The van der Waals surface area contributed by atoms with Gasteiger partial charge in [-0.1, -0.05) is 48.5 Å². The lowest BCUT2D eigenvalue weighted by Gasteiger charge is -2.13. The number of thioether (sulfide) groups is 1. The molecule has 1 aliphatic rings. The van der Waals surface area contributed by atoms with Gasteiger partial charge in [0.2, 0.25) is 5.91 Å². The first kappa shape index (κ1) is 24.7. The van der Waals surface area contributed by atoms with Crippen LogP contribution in [0, 0.1) is 0 Å². The smallest absolute Gasteiger partial charge is 0.341 e. The normalized spacial score (nSPS) is 13.8. The molecule has 0 radical (unpaired) electrons. The number of carbonyl (C=O) groups excluding carboxylic acids is 2. The number of para-hydroxylation sites is 1. The van der Waals surface area contributed by atoms with E-state index < -0.39 is 0 Å². The molecule has 0 fully saturated rings. The number of aryl methyl sites for hydroxylation is 1. The van der Waals surface area contributed by atoms with Gasteiger partial charge in [-0.25, -0.2) is 4.79 Å². The summed E-state index contributed by atoms with van der Waals surface area (Å²) in [5.41, 5.74) is 3.99. The summed E-state index contributed by atoms with van der Waals surface area (Å²) < 4.78 is 7.58. The van der Waals surface area contributed by atoms with Crippen molar-refractivity contribution in [3.63, 3.8) is 0 Å². The lowest BCUT2D eigenvalue weighted by molar-refractivity contribution is -0.115. The minimum atomic E-state index is -0.338. The van der Waals surface area contributed by atoms with Gasteiger partial charge < -0.3 is 14.6 Å². The van der Waals surface area contributed by atoms with Gasteiger partial charge in [-0.2, -0.15) is 0 Å². The Labute approximate surface area is 219 Å². The monoisotopic (exact) mass is 518 g/mol. The van der Waals surface area contributed by atoms with Crippen molar-refractivity contribution in [1.82, 2.24) is 4.57 Å². The molecule has 1 aliphatic carbocycles. The number of benzene rings is 2. The number of ether oxygens (including phenoxy) is 1. The van der Waals surface area contributed by atoms with Crippen LogP contribution in [0.2, 0.25) is 0 Å². The highest BCUT2D eigenvalue weighted by atomic mass is 32.2. The summed E-state index contributed by atoms with van der Waals surface area (Å²) in [5, 5.41) is 4.50. The number of anilines is 1. The third kappa shape index (κ3) is 5.08. The fraction of sp³-hybridized carbons (Fsp3) is 0.310. The van der Waals surface area contributed by atoms with E-state index in [1.54, 1.807) is 11.8 Å². The number of esters is 1. The molecule has 0 aliphatic heterocycles. The second kappa shape index (κ2) is 10.9. The molecule has 5 rings (SSSR count). The van der Waals surface area contributed by atoms with Crippen LogP contribution < -0.4 is 5.32 Å². The largest absolute Gasteiger partial charge is 0.462 e. The quantitative estimate of drug-likeness (QED) is 0.203. The van der Waals surface area contributed by atoms with E-state index in [4.69, 9.17) is 4.74 Å². The van der Waals surface area contributed by atoms with Crippen LogP contribution in [0.3, 0.4) is 0 Å². The van der Waals surface area contributed by atoms with Gasteiger partial charge in [0, 0.05) is 33.4 Å². The maximum absolute atomic E-state index is 13.3. The molecular formula is C29H30N2O3S2. The van der Waals surface area contributed by atoms with Gasteiger partial charge in [-0.15, -0.1) is 23.1 Å². The summed E-state index contributed by atoms with van der Waals surface area (Å²) in [7, 11) is 0. The second-order valence-corrected chi connectivity index (χ2v) is 11.5. The Morgan fingerprint density at radius 2 is 1.83 bits per heavy atom. The summed E-state index contributed by atoms with van der Waals surface area (Å²) in [4.78, 5) is 28.3. The first-order valence-corrected chi connectivity index (χ1v) is 14.2. The highest BCUT2D eigenvalue weighted by Gasteiger charge is 2.28. The van der Waals surface area contributed by atoms with E-state index in [2.05, 4.69) is 52.5 Å². The molecule has 5 nitrogen and oxygen atoms in total. The number of aromatic nitrogens is 1. The van der Waals surface area contributed by atoms with Crippen molar-refractivity contribution in [1.29, 1.82) is 0 Å². The van der Waals surface area contributed by atoms with E-state index in [1.165, 1.54) is 21.8 Å². The van der Waals surface area contributed by atoms with E-state index in [0.29, 0.717) is 17.2 Å². The summed E-state index contributed by atoms with van der Waals surface area (Å²) >= 11 is 3.08. The standard InChI is InChI=1S/C29H30N2O3S2/c1-3-34-29(33)26-22-14-8-10-16-24(22)36-28(26)30-27(32)19(2)35-25-18-31(17-20-11-5-4-6-12-20)23-15-9-7-13-21(23)25/h4-7,9,11-13,15,18-19H,3,8,10,14,16-17H2,1-2H3,(H,30,32)/t19-/m0/s1. The number of fused-ring (bicyclic) bond motifs is 2. The van der Waals surface area contributed by atoms with Gasteiger partial charge in [0.05, 0.1) is 17.4 Å². The number of hydrogen-bond donors (Lipinski definition) is 1. The molecular weight excluding hydrogens is 488 g/mol. The van der Waals surface area contributed by atoms with Crippen LogP contribution in [0.25, 0.3) is 10.9 Å². The molecule has 2 heterocycles. The van der Waals surface area contributed by atoms with Gasteiger partial charge in [0.25, 0.3) is 0 Å². The summed E-state index contributed by atoms with van der Waals surface area (Å²) in [6.07, 6.45) is 6.12. The van der Waals surface area contributed by atoms with Crippen LogP contribution in [0.15, 0.2) is 65.7 Å². The predicted molar refractivity (Wildman–Crippen MR) is 148 cm³/mol. The van der Waals surface area contributed by atoms with E-state index >= 15 is 0 Å². The maximum atomic E-state index is 13.3. The third-order valence-corrected chi connectivity index (χ3v) is 8.86. The highest BCUT2D eigenvalue weighted by molar-refractivity contribution is 8.00. The molecule has 1 amide bonds. The Morgan fingerprint density at radius 1 is 1.08 bits per heavy atom. The molecule has 2 aromatic carbocycles. The van der Waals surface area contributed by atoms with Crippen LogP contribution >= 0.6 is 23.1 Å². The number of hydrogen-bond acceptors (Lipinski definition) is 5. The number of thiophene rings is 1. The van der Waals surface area contributed by atoms with Crippen molar-refractivity contribution in [3.8, 4) is 0 Å². The molecule has 4 aromatic rings. The fourth-order valence-corrected chi connectivity index (χ4v) is 7.06. The molecule has 0 saturated heterocycles. The van der Waals surface area contributed by atoms with Crippen LogP contribution in [0.4, 0.5) is 5.00 Å². The molecule has 0 spiro atoms.